The molecule has 7 heteroatoms. The molecule has 1 saturated carbocycles. The van der Waals surface area contributed by atoms with Gasteiger partial charge in [-0.05, 0) is 24.3 Å². The van der Waals surface area contributed by atoms with Crippen molar-refractivity contribution in [1.29, 1.82) is 0 Å². The van der Waals surface area contributed by atoms with E-state index in [4.69, 9.17) is 4.74 Å². The smallest absolute Gasteiger partial charge is 0.242 e. The number of morpholine rings is 1. The molecule has 3 rings (SSSR count). The van der Waals surface area contributed by atoms with Crippen LogP contribution in [0.25, 0.3) is 0 Å². The Kier molecular flexibility index (Phi) is 5.86. The van der Waals surface area contributed by atoms with Gasteiger partial charge in [-0.25, -0.2) is 0 Å². The lowest BCUT2D eigenvalue weighted by Gasteiger charge is -2.29. The van der Waals surface area contributed by atoms with E-state index in [9.17, 15) is 9.59 Å². The number of carbonyl (C=O) groups excluding carboxylic acids is 2. The van der Waals surface area contributed by atoms with Crippen LogP contribution in [0.15, 0.2) is 17.5 Å². The van der Waals surface area contributed by atoms with Gasteiger partial charge in [0.25, 0.3) is 0 Å². The fourth-order valence-electron chi connectivity index (χ4n) is 2.85. The van der Waals surface area contributed by atoms with Gasteiger partial charge in [0.1, 0.15) is 0 Å². The van der Waals surface area contributed by atoms with Crippen molar-refractivity contribution in [3.63, 3.8) is 0 Å². The molecule has 1 aliphatic carbocycles. The zero-order valence-electron chi connectivity index (χ0n) is 14.1. The topological polar surface area (TPSA) is 53.1 Å². The number of hydrogen-bond acceptors (Lipinski definition) is 5. The summed E-state index contributed by atoms with van der Waals surface area (Å²) in [6.07, 6.45) is 2.32. The van der Waals surface area contributed by atoms with Gasteiger partial charge in [0.15, 0.2) is 0 Å². The summed E-state index contributed by atoms with van der Waals surface area (Å²) in [7, 11) is 1.72. The maximum Gasteiger partial charge on any atom is 0.242 e. The van der Waals surface area contributed by atoms with Gasteiger partial charge >= 0.3 is 0 Å². The molecule has 0 unspecified atom stereocenters. The molecule has 0 atom stereocenters. The molecule has 1 saturated heterocycles. The predicted octanol–water partition coefficient (Wildman–Crippen LogP) is 1.03. The summed E-state index contributed by atoms with van der Waals surface area (Å²) in [5.74, 6) is 0.0189. The number of likely N-dealkylation sites (N-methyl/N-ethyl adjacent to an activating group) is 1. The molecule has 1 aromatic heterocycles. The maximum atomic E-state index is 12.5. The molecule has 0 radical (unpaired) electrons. The van der Waals surface area contributed by atoms with Crippen LogP contribution in [0.1, 0.15) is 17.7 Å². The molecule has 24 heavy (non-hydrogen) atoms. The van der Waals surface area contributed by atoms with Crippen LogP contribution < -0.4 is 0 Å². The zero-order valence-corrected chi connectivity index (χ0v) is 15.0. The van der Waals surface area contributed by atoms with Crippen molar-refractivity contribution in [2.24, 2.45) is 0 Å². The van der Waals surface area contributed by atoms with Crippen LogP contribution in [0.3, 0.4) is 0 Å². The normalized spacial score (nSPS) is 18.0. The first-order valence-electron chi connectivity index (χ1n) is 8.49. The Labute approximate surface area is 147 Å². The monoisotopic (exact) mass is 351 g/mol. The molecule has 1 aromatic rings. The first-order chi connectivity index (χ1) is 11.6. The summed E-state index contributed by atoms with van der Waals surface area (Å²) in [5.41, 5.74) is 0. The third kappa shape index (κ3) is 4.78. The third-order valence-corrected chi connectivity index (χ3v) is 5.36. The summed E-state index contributed by atoms with van der Waals surface area (Å²) in [5, 5.41) is 2.06. The minimum Gasteiger partial charge on any atom is -0.378 e. The number of hydrogen-bond donors (Lipinski definition) is 0. The Balaban J connectivity index is 1.49. The quantitative estimate of drug-likeness (QED) is 0.736. The molecule has 0 bridgehead atoms. The SMILES string of the molecule is CN(CC(=O)N1CCOCC1)C(=O)CN(Cc1cccs1)C1CC1. The molecule has 6 nitrogen and oxygen atoms in total. The van der Waals surface area contributed by atoms with Crippen molar-refractivity contribution in [2.45, 2.75) is 25.4 Å². The summed E-state index contributed by atoms with van der Waals surface area (Å²) < 4.78 is 5.26. The minimum absolute atomic E-state index is 0.00498. The first-order valence-corrected chi connectivity index (χ1v) is 9.37. The Bertz CT molecular complexity index is 553. The van der Waals surface area contributed by atoms with E-state index in [0.29, 0.717) is 38.9 Å². The van der Waals surface area contributed by atoms with E-state index in [1.54, 1.807) is 28.2 Å². The second-order valence-electron chi connectivity index (χ2n) is 6.46. The maximum absolute atomic E-state index is 12.5. The van der Waals surface area contributed by atoms with Crippen molar-refractivity contribution in [2.75, 3.05) is 46.4 Å². The number of ether oxygens (including phenoxy) is 1. The standard InChI is InChI=1S/C17H25N3O3S/c1-18(12-17(22)19-6-8-23-9-7-19)16(21)13-20(14-4-5-14)11-15-3-2-10-24-15/h2-3,10,14H,4-9,11-13H2,1H3. The molecule has 1 aliphatic heterocycles. The first kappa shape index (κ1) is 17.4. The van der Waals surface area contributed by atoms with Crippen LogP contribution in [0, 0.1) is 0 Å². The molecule has 2 amide bonds. The lowest BCUT2D eigenvalue weighted by molar-refractivity contribution is -0.142. The van der Waals surface area contributed by atoms with Gasteiger partial charge in [0.2, 0.25) is 11.8 Å². The van der Waals surface area contributed by atoms with Crippen molar-refractivity contribution < 1.29 is 14.3 Å². The summed E-state index contributed by atoms with van der Waals surface area (Å²) in [6.45, 7) is 3.76. The van der Waals surface area contributed by atoms with Gasteiger partial charge < -0.3 is 14.5 Å². The molecule has 0 aromatic carbocycles. The van der Waals surface area contributed by atoms with Crippen LogP contribution in [-0.2, 0) is 20.9 Å². The predicted molar refractivity (Wildman–Crippen MR) is 92.8 cm³/mol. The molecule has 0 spiro atoms. The van der Waals surface area contributed by atoms with Crippen molar-refractivity contribution in [1.82, 2.24) is 14.7 Å². The lowest BCUT2D eigenvalue weighted by atomic mass is 10.3. The van der Waals surface area contributed by atoms with Gasteiger partial charge in [0.05, 0.1) is 26.3 Å². The molecular weight excluding hydrogens is 326 g/mol. The van der Waals surface area contributed by atoms with Crippen LogP contribution in [0.4, 0.5) is 0 Å². The van der Waals surface area contributed by atoms with Crippen molar-refractivity contribution in [3.8, 4) is 0 Å². The van der Waals surface area contributed by atoms with E-state index >= 15 is 0 Å². The highest BCUT2D eigenvalue weighted by Crippen LogP contribution is 2.29. The highest BCUT2D eigenvalue weighted by atomic mass is 32.1. The highest BCUT2D eigenvalue weighted by molar-refractivity contribution is 7.09. The van der Waals surface area contributed by atoms with Crippen LogP contribution in [0.2, 0.25) is 0 Å². The Hall–Kier alpha value is -1.44. The second kappa shape index (κ2) is 8.09. The zero-order chi connectivity index (χ0) is 16.9. The molecule has 2 fully saturated rings. The Morgan fingerprint density at radius 3 is 2.67 bits per heavy atom. The number of rotatable bonds is 7. The number of thiophene rings is 1. The fourth-order valence-corrected chi connectivity index (χ4v) is 3.58. The summed E-state index contributed by atoms with van der Waals surface area (Å²) >= 11 is 1.72. The third-order valence-electron chi connectivity index (χ3n) is 4.50. The van der Waals surface area contributed by atoms with Crippen LogP contribution >= 0.6 is 11.3 Å². The number of carbonyl (C=O) groups is 2. The van der Waals surface area contributed by atoms with Gasteiger partial charge in [-0.2, -0.15) is 0 Å². The summed E-state index contributed by atoms with van der Waals surface area (Å²) in [6, 6.07) is 4.66. The fraction of sp³-hybridized carbons (Fsp3) is 0.647. The molecule has 2 aliphatic rings. The van der Waals surface area contributed by atoms with E-state index < -0.39 is 0 Å². The van der Waals surface area contributed by atoms with E-state index in [-0.39, 0.29) is 18.4 Å². The minimum atomic E-state index is 0.00498. The highest BCUT2D eigenvalue weighted by Gasteiger charge is 2.31. The van der Waals surface area contributed by atoms with Crippen LogP contribution in [-0.4, -0.2) is 79.0 Å². The number of nitrogens with zero attached hydrogens (tertiary/aromatic N) is 3. The van der Waals surface area contributed by atoms with E-state index in [2.05, 4.69) is 16.3 Å². The van der Waals surface area contributed by atoms with E-state index in [0.717, 1.165) is 19.4 Å². The van der Waals surface area contributed by atoms with E-state index in [1.165, 1.54) is 4.88 Å². The van der Waals surface area contributed by atoms with Crippen molar-refractivity contribution >= 4 is 23.2 Å². The average molecular weight is 351 g/mol. The largest absolute Gasteiger partial charge is 0.378 e. The Morgan fingerprint density at radius 1 is 1.29 bits per heavy atom. The molecule has 0 N–H and O–H groups in total. The lowest BCUT2D eigenvalue weighted by Crippen LogP contribution is -2.47. The van der Waals surface area contributed by atoms with Gasteiger partial charge in [-0.3, -0.25) is 14.5 Å². The van der Waals surface area contributed by atoms with Gasteiger partial charge in [-0.1, -0.05) is 6.07 Å². The van der Waals surface area contributed by atoms with Gasteiger partial charge in [0, 0.05) is 37.6 Å². The summed E-state index contributed by atoms with van der Waals surface area (Å²) in [4.78, 5) is 31.6. The molecular formula is C17H25N3O3S. The van der Waals surface area contributed by atoms with Crippen molar-refractivity contribution in [3.05, 3.63) is 22.4 Å². The Morgan fingerprint density at radius 2 is 2.04 bits per heavy atom. The molecule has 132 valence electrons. The average Bonchev–Trinajstić information content (AvgIpc) is 3.32. The molecule has 2 heterocycles. The van der Waals surface area contributed by atoms with Gasteiger partial charge in [-0.15, -0.1) is 11.3 Å². The second-order valence-corrected chi connectivity index (χ2v) is 7.49. The van der Waals surface area contributed by atoms with E-state index in [1.807, 2.05) is 6.07 Å². The number of amides is 2. The van der Waals surface area contributed by atoms with Crippen LogP contribution in [0.5, 0.6) is 0 Å².